The molecular weight excluding hydrogens is 307 g/mol. The van der Waals surface area contributed by atoms with Crippen LogP contribution in [-0.4, -0.2) is 25.0 Å². The molecule has 1 unspecified atom stereocenters. The quantitative estimate of drug-likeness (QED) is 0.888. The molecule has 1 saturated carbocycles. The van der Waals surface area contributed by atoms with Gasteiger partial charge in [0.15, 0.2) is 0 Å². The summed E-state index contributed by atoms with van der Waals surface area (Å²) in [6, 6.07) is 3.83. The predicted octanol–water partition coefficient (Wildman–Crippen LogP) is 3.74. The smallest absolute Gasteiger partial charge is 0.253 e. The summed E-state index contributed by atoms with van der Waals surface area (Å²) in [4.78, 5) is 12.4. The molecule has 2 aliphatic rings. The first-order valence-corrected chi connectivity index (χ1v) is 8.42. The van der Waals surface area contributed by atoms with Crippen molar-refractivity contribution >= 4 is 29.1 Å². The first-order valence-electron chi connectivity index (χ1n) is 7.66. The Morgan fingerprint density at radius 2 is 1.95 bits per heavy atom. The lowest BCUT2D eigenvalue weighted by molar-refractivity contribution is 0.0938. The van der Waals surface area contributed by atoms with E-state index < -0.39 is 0 Å². The lowest BCUT2D eigenvalue weighted by Gasteiger charge is -2.18. The van der Waals surface area contributed by atoms with Crippen LogP contribution in [0.4, 0.5) is 0 Å². The van der Waals surface area contributed by atoms with Crippen LogP contribution in [0.2, 0.25) is 10.0 Å². The van der Waals surface area contributed by atoms with Crippen LogP contribution < -0.4 is 10.6 Å². The number of carbonyl (C=O) groups excluding carboxylic acids is 1. The number of hydrogen-bond donors (Lipinski definition) is 2. The van der Waals surface area contributed by atoms with E-state index >= 15 is 0 Å². The summed E-state index contributed by atoms with van der Waals surface area (Å²) in [5, 5.41) is 7.58. The van der Waals surface area contributed by atoms with E-state index in [0.717, 1.165) is 37.9 Å². The number of rotatable bonds is 3. The molecular formula is C16H20Cl2N2O. The Bertz CT molecular complexity index is 535. The molecule has 3 nitrogen and oxygen atoms in total. The summed E-state index contributed by atoms with van der Waals surface area (Å²) in [5.74, 6) is 0.222. The minimum Gasteiger partial charge on any atom is -0.349 e. The number of benzene rings is 1. The Morgan fingerprint density at radius 3 is 2.62 bits per heavy atom. The van der Waals surface area contributed by atoms with Gasteiger partial charge in [-0.2, -0.15) is 0 Å². The zero-order chi connectivity index (χ0) is 14.8. The summed E-state index contributed by atoms with van der Waals surface area (Å²) in [5.41, 5.74) is 1.47. The van der Waals surface area contributed by atoms with Crippen molar-refractivity contribution in [2.45, 2.75) is 44.1 Å². The molecule has 1 aliphatic heterocycles. The molecule has 0 spiro atoms. The maximum atomic E-state index is 12.4. The summed E-state index contributed by atoms with van der Waals surface area (Å²) < 4.78 is 0. The van der Waals surface area contributed by atoms with Crippen LogP contribution in [0, 0.1) is 0 Å². The van der Waals surface area contributed by atoms with Gasteiger partial charge in [-0.25, -0.2) is 0 Å². The highest BCUT2D eigenvalue weighted by atomic mass is 35.5. The van der Waals surface area contributed by atoms with Gasteiger partial charge in [-0.05, 0) is 43.5 Å². The predicted molar refractivity (Wildman–Crippen MR) is 86.4 cm³/mol. The van der Waals surface area contributed by atoms with Crippen molar-refractivity contribution in [1.29, 1.82) is 0 Å². The van der Waals surface area contributed by atoms with E-state index in [2.05, 4.69) is 10.6 Å². The van der Waals surface area contributed by atoms with Crippen molar-refractivity contribution < 1.29 is 4.79 Å². The summed E-state index contributed by atoms with van der Waals surface area (Å²) in [6.07, 6.45) is 5.52. The van der Waals surface area contributed by atoms with E-state index in [9.17, 15) is 4.79 Å². The van der Waals surface area contributed by atoms with Crippen LogP contribution in [0.5, 0.6) is 0 Å². The van der Waals surface area contributed by atoms with E-state index in [1.54, 1.807) is 12.1 Å². The van der Waals surface area contributed by atoms with Gasteiger partial charge < -0.3 is 10.6 Å². The zero-order valence-corrected chi connectivity index (χ0v) is 13.4. The van der Waals surface area contributed by atoms with E-state index in [0.29, 0.717) is 27.6 Å². The van der Waals surface area contributed by atoms with Crippen LogP contribution in [0.15, 0.2) is 12.1 Å². The molecule has 114 valence electrons. The average molecular weight is 327 g/mol. The molecule has 1 amide bonds. The Morgan fingerprint density at radius 1 is 1.19 bits per heavy atom. The van der Waals surface area contributed by atoms with Crippen LogP contribution in [0.3, 0.4) is 0 Å². The maximum absolute atomic E-state index is 12.4. The van der Waals surface area contributed by atoms with E-state index in [1.165, 1.54) is 12.8 Å². The molecule has 2 N–H and O–H groups in total. The molecule has 1 heterocycles. The second-order valence-electron chi connectivity index (χ2n) is 5.97. The highest BCUT2D eigenvalue weighted by Crippen LogP contribution is 2.37. The molecule has 0 aromatic heterocycles. The highest BCUT2D eigenvalue weighted by molar-refractivity contribution is 6.38. The van der Waals surface area contributed by atoms with Crippen molar-refractivity contribution in [3.8, 4) is 0 Å². The summed E-state index contributed by atoms with van der Waals surface area (Å²) in [7, 11) is 0. The molecule has 0 bridgehead atoms. The lowest BCUT2D eigenvalue weighted by atomic mass is 9.96. The largest absolute Gasteiger partial charge is 0.349 e. The number of amides is 1. The van der Waals surface area contributed by atoms with Crippen LogP contribution in [-0.2, 0) is 0 Å². The van der Waals surface area contributed by atoms with Crippen molar-refractivity contribution in [1.82, 2.24) is 10.6 Å². The van der Waals surface area contributed by atoms with Gasteiger partial charge in [-0.1, -0.05) is 36.0 Å². The normalized spacial score (nSPS) is 22.7. The lowest BCUT2D eigenvalue weighted by Crippen LogP contribution is -2.32. The first kappa shape index (κ1) is 15.1. The molecule has 1 atom stereocenters. The van der Waals surface area contributed by atoms with Crippen molar-refractivity contribution in [2.24, 2.45) is 0 Å². The monoisotopic (exact) mass is 326 g/mol. The van der Waals surface area contributed by atoms with Gasteiger partial charge >= 0.3 is 0 Å². The number of nitrogens with one attached hydrogen (secondary N) is 2. The Hall–Kier alpha value is -0.770. The minimum absolute atomic E-state index is 0.0734. The second-order valence-corrected chi connectivity index (χ2v) is 6.75. The fraction of sp³-hybridized carbons (Fsp3) is 0.562. The average Bonchev–Trinajstić information content (AvgIpc) is 3.12. The van der Waals surface area contributed by atoms with E-state index in [-0.39, 0.29) is 5.91 Å². The fourth-order valence-electron chi connectivity index (χ4n) is 3.35. The first-order chi connectivity index (χ1) is 10.2. The highest BCUT2D eigenvalue weighted by Gasteiger charge is 2.26. The number of hydrogen-bond acceptors (Lipinski definition) is 2. The maximum Gasteiger partial charge on any atom is 0.253 e. The van der Waals surface area contributed by atoms with Crippen molar-refractivity contribution in [2.75, 3.05) is 13.1 Å². The topological polar surface area (TPSA) is 41.1 Å². The molecule has 1 saturated heterocycles. The van der Waals surface area contributed by atoms with Gasteiger partial charge in [-0.3, -0.25) is 4.79 Å². The van der Waals surface area contributed by atoms with Gasteiger partial charge in [0.2, 0.25) is 0 Å². The van der Waals surface area contributed by atoms with Gasteiger partial charge in [0.1, 0.15) is 0 Å². The van der Waals surface area contributed by atoms with Crippen LogP contribution in [0.25, 0.3) is 0 Å². The molecule has 2 fully saturated rings. The zero-order valence-electron chi connectivity index (χ0n) is 11.9. The molecule has 0 radical (unpaired) electrons. The Labute approximate surface area is 135 Å². The van der Waals surface area contributed by atoms with Gasteiger partial charge in [0.25, 0.3) is 5.91 Å². The van der Waals surface area contributed by atoms with Crippen molar-refractivity contribution in [3.63, 3.8) is 0 Å². The van der Waals surface area contributed by atoms with Gasteiger partial charge in [0, 0.05) is 23.5 Å². The Kier molecular flexibility index (Phi) is 4.72. The summed E-state index contributed by atoms with van der Waals surface area (Å²) in [6.45, 7) is 1.84. The standard InChI is InChI=1S/C16H20Cl2N2O/c17-13-6-5-12(16(21)20-11-3-1-2-4-11)15(18)14(13)10-7-8-19-9-10/h5-6,10-11,19H,1-4,7-9H2,(H,20,21). The minimum atomic E-state index is -0.0734. The molecule has 1 aromatic rings. The number of carbonyl (C=O) groups is 1. The van der Waals surface area contributed by atoms with Gasteiger partial charge in [0.05, 0.1) is 10.6 Å². The van der Waals surface area contributed by atoms with Gasteiger partial charge in [-0.15, -0.1) is 0 Å². The number of halogens is 2. The third-order valence-electron chi connectivity index (χ3n) is 4.53. The second kappa shape index (κ2) is 6.55. The molecule has 1 aliphatic carbocycles. The van der Waals surface area contributed by atoms with Crippen LogP contribution in [0.1, 0.15) is 53.9 Å². The van der Waals surface area contributed by atoms with Crippen LogP contribution >= 0.6 is 23.2 Å². The molecule has 1 aromatic carbocycles. The Balaban J connectivity index is 1.84. The molecule has 3 rings (SSSR count). The third kappa shape index (κ3) is 3.20. The third-order valence-corrected chi connectivity index (χ3v) is 5.27. The molecule has 21 heavy (non-hydrogen) atoms. The summed E-state index contributed by atoms with van der Waals surface area (Å²) >= 11 is 12.8. The SMILES string of the molecule is O=C(NC1CCCC1)c1ccc(Cl)c(C2CCNC2)c1Cl. The van der Waals surface area contributed by atoms with Crippen molar-refractivity contribution in [3.05, 3.63) is 33.3 Å². The van der Waals surface area contributed by atoms with E-state index in [1.807, 2.05) is 0 Å². The molecule has 5 heteroatoms. The van der Waals surface area contributed by atoms with E-state index in [4.69, 9.17) is 23.2 Å². The fourth-order valence-corrected chi connectivity index (χ4v) is 4.12.